The van der Waals surface area contributed by atoms with Crippen molar-refractivity contribution < 1.29 is 22.9 Å². The third-order valence-electron chi connectivity index (χ3n) is 0.639. The van der Waals surface area contributed by atoms with E-state index in [1.807, 2.05) is 0 Å². The number of aliphatic carboxylic acids is 1. The Labute approximate surface area is 56.4 Å². The Bertz CT molecular complexity index is 272. The molecule has 0 amide bonds. The fraction of sp³-hybridized carbons (Fsp3) is 0.333. The molecule has 6 nitrogen and oxygen atoms in total. The number of carbonyl (C=O) groups is 1. The molecule has 0 aromatic rings. The zero-order valence-corrected chi connectivity index (χ0v) is 5.37. The molecule has 0 saturated carbocycles. The SMILES string of the molecule is N#CC(C(=O)O)S(=O)(=O)O. The van der Waals surface area contributed by atoms with Crippen LogP contribution in [0.4, 0.5) is 0 Å². The van der Waals surface area contributed by atoms with Crippen molar-refractivity contribution >= 4 is 16.1 Å². The lowest BCUT2D eigenvalue weighted by molar-refractivity contribution is -0.135. The molecule has 0 saturated heterocycles. The van der Waals surface area contributed by atoms with Gasteiger partial charge in [0, 0.05) is 0 Å². The van der Waals surface area contributed by atoms with Crippen molar-refractivity contribution in [1.82, 2.24) is 0 Å². The van der Waals surface area contributed by atoms with E-state index < -0.39 is 21.3 Å². The average molecular weight is 165 g/mol. The number of nitriles is 1. The fourth-order valence-electron chi connectivity index (χ4n) is 0.249. The van der Waals surface area contributed by atoms with Crippen LogP contribution in [0.2, 0.25) is 0 Å². The first-order chi connectivity index (χ1) is 4.39. The molecular formula is C3H3NO5S. The summed E-state index contributed by atoms with van der Waals surface area (Å²) in [6.45, 7) is 0. The van der Waals surface area contributed by atoms with Crippen LogP contribution >= 0.6 is 0 Å². The van der Waals surface area contributed by atoms with Gasteiger partial charge in [-0.2, -0.15) is 13.7 Å². The zero-order chi connectivity index (χ0) is 8.36. The topological polar surface area (TPSA) is 115 Å². The summed E-state index contributed by atoms with van der Waals surface area (Å²) in [6.07, 6.45) is 0. The normalized spacial score (nSPS) is 13.6. The van der Waals surface area contributed by atoms with E-state index in [2.05, 4.69) is 0 Å². The Hall–Kier alpha value is -1.13. The van der Waals surface area contributed by atoms with Crippen molar-refractivity contribution in [3.05, 3.63) is 0 Å². The summed E-state index contributed by atoms with van der Waals surface area (Å²) in [5.41, 5.74) is 0. The van der Waals surface area contributed by atoms with E-state index in [-0.39, 0.29) is 0 Å². The first kappa shape index (κ1) is 8.87. The predicted molar refractivity (Wildman–Crippen MR) is 28.6 cm³/mol. The second-order valence-electron chi connectivity index (χ2n) is 1.36. The maximum absolute atomic E-state index is 9.96. The highest BCUT2D eigenvalue weighted by molar-refractivity contribution is 7.87. The molecule has 1 unspecified atom stereocenters. The molecule has 0 radical (unpaired) electrons. The Morgan fingerprint density at radius 3 is 2.00 bits per heavy atom. The van der Waals surface area contributed by atoms with E-state index in [1.165, 1.54) is 0 Å². The number of hydrogen-bond donors (Lipinski definition) is 2. The van der Waals surface area contributed by atoms with E-state index in [9.17, 15) is 13.2 Å². The molecule has 0 aromatic carbocycles. The molecule has 0 aromatic heterocycles. The van der Waals surface area contributed by atoms with Crippen molar-refractivity contribution in [1.29, 1.82) is 5.26 Å². The van der Waals surface area contributed by atoms with Gasteiger partial charge in [-0.05, 0) is 0 Å². The molecule has 7 heteroatoms. The second-order valence-corrected chi connectivity index (χ2v) is 2.86. The van der Waals surface area contributed by atoms with Crippen LogP contribution in [0.25, 0.3) is 0 Å². The fourth-order valence-corrected chi connectivity index (χ4v) is 0.637. The molecule has 56 valence electrons. The second kappa shape index (κ2) is 2.64. The monoisotopic (exact) mass is 165 g/mol. The lowest BCUT2D eigenvalue weighted by Gasteiger charge is -1.95. The molecule has 0 aliphatic heterocycles. The van der Waals surface area contributed by atoms with Crippen LogP contribution in [0, 0.1) is 11.3 Å². The van der Waals surface area contributed by atoms with Gasteiger partial charge in [-0.25, -0.2) is 4.79 Å². The van der Waals surface area contributed by atoms with Gasteiger partial charge in [-0.15, -0.1) is 0 Å². The van der Waals surface area contributed by atoms with E-state index in [0.29, 0.717) is 0 Å². The highest BCUT2D eigenvalue weighted by atomic mass is 32.2. The van der Waals surface area contributed by atoms with Gasteiger partial charge in [0.1, 0.15) is 0 Å². The van der Waals surface area contributed by atoms with Crippen LogP contribution in [0.1, 0.15) is 0 Å². The van der Waals surface area contributed by atoms with Gasteiger partial charge >= 0.3 is 5.97 Å². The highest BCUT2D eigenvalue weighted by Gasteiger charge is 2.30. The maximum atomic E-state index is 9.96. The van der Waals surface area contributed by atoms with Crippen LogP contribution in [0.5, 0.6) is 0 Å². The van der Waals surface area contributed by atoms with Gasteiger partial charge in [-0.3, -0.25) is 4.55 Å². The van der Waals surface area contributed by atoms with Crippen LogP contribution in [-0.2, 0) is 14.9 Å². The van der Waals surface area contributed by atoms with Crippen molar-refractivity contribution in [2.45, 2.75) is 5.25 Å². The molecule has 0 aliphatic carbocycles. The summed E-state index contributed by atoms with van der Waals surface area (Å²) in [7, 11) is -4.77. The molecule has 0 heterocycles. The van der Waals surface area contributed by atoms with Crippen LogP contribution in [0.3, 0.4) is 0 Å². The third kappa shape index (κ3) is 2.00. The standard InChI is InChI=1S/C3H3NO5S/c4-1-2(3(5)6)10(7,8)9/h2H,(H,5,6)(H,7,8,9). The van der Waals surface area contributed by atoms with E-state index in [1.54, 1.807) is 0 Å². The maximum Gasteiger partial charge on any atom is 0.339 e. The third-order valence-corrected chi connectivity index (χ3v) is 1.54. The van der Waals surface area contributed by atoms with Gasteiger partial charge in [0.2, 0.25) is 0 Å². The summed E-state index contributed by atoms with van der Waals surface area (Å²) in [5, 5.41) is 13.4. The Morgan fingerprint density at radius 1 is 1.60 bits per heavy atom. The van der Waals surface area contributed by atoms with E-state index in [4.69, 9.17) is 14.9 Å². The van der Waals surface area contributed by atoms with E-state index in [0.717, 1.165) is 6.07 Å². The molecule has 0 spiro atoms. The lowest BCUT2D eigenvalue weighted by Crippen LogP contribution is -2.27. The summed E-state index contributed by atoms with van der Waals surface area (Å²) in [4.78, 5) is 9.82. The minimum absolute atomic E-state index is 0.904. The largest absolute Gasteiger partial charge is 0.479 e. The zero-order valence-electron chi connectivity index (χ0n) is 4.55. The van der Waals surface area contributed by atoms with Crippen molar-refractivity contribution in [2.24, 2.45) is 0 Å². The number of nitrogens with zero attached hydrogens (tertiary/aromatic N) is 1. The molecule has 0 bridgehead atoms. The number of carboxylic acids is 1. The van der Waals surface area contributed by atoms with Crippen molar-refractivity contribution in [3.8, 4) is 6.07 Å². The molecule has 0 aliphatic rings. The molecule has 10 heavy (non-hydrogen) atoms. The van der Waals surface area contributed by atoms with Crippen LogP contribution in [-0.4, -0.2) is 29.3 Å². The highest BCUT2D eigenvalue weighted by Crippen LogP contribution is 1.95. The molecule has 1 atom stereocenters. The van der Waals surface area contributed by atoms with Crippen LogP contribution in [0.15, 0.2) is 0 Å². The number of carboxylic acid groups (broad SMARTS) is 1. The Morgan fingerprint density at radius 2 is 2.00 bits per heavy atom. The van der Waals surface area contributed by atoms with Crippen molar-refractivity contribution in [2.75, 3.05) is 0 Å². The first-order valence-corrected chi connectivity index (χ1v) is 3.48. The average Bonchev–Trinajstić information content (AvgIpc) is 1.60. The van der Waals surface area contributed by atoms with Gasteiger partial charge in [-0.1, -0.05) is 0 Å². The minimum atomic E-state index is -4.77. The molecular weight excluding hydrogens is 162 g/mol. The summed E-state index contributed by atoms with van der Waals surface area (Å²) >= 11 is 0. The van der Waals surface area contributed by atoms with Crippen LogP contribution < -0.4 is 0 Å². The van der Waals surface area contributed by atoms with Gasteiger partial charge in [0.25, 0.3) is 15.4 Å². The van der Waals surface area contributed by atoms with Gasteiger partial charge < -0.3 is 5.11 Å². The van der Waals surface area contributed by atoms with E-state index >= 15 is 0 Å². The number of hydrogen-bond acceptors (Lipinski definition) is 4. The lowest BCUT2D eigenvalue weighted by atomic mass is 10.5. The Balaban J connectivity index is 4.78. The minimum Gasteiger partial charge on any atom is -0.479 e. The predicted octanol–water partition coefficient (Wildman–Crippen LogP) is -1.15. The molecule has 2 N–H and O–H groups in total. The summed E-state index contributed by atoms with van der Waals surface area (Å²) in [6, 6.07) is 0.904. The smallest absolute Gasteiger partial charge is 0.339 e. The van der Waals surface area contributed by atoms with Crippen molar-refractivity contribution in [3.63, 3.8) is 0 Å². The molecule has 0 rings (SSSR count). The summed E-state index contributed by atoms with van der Waals surface area (Å²) in [5.74, 6) is -1.88. The summed E-state index contributed by atoms with van der Waals surface area (Å²) < 4.78 is 27.9. The quantitative estimate of drug-likeness (QED) is 0.499. The van der Waals surface area contributed by atoms with Gasteiger partial charge in [0.15, 0.2) is 0 Å². The first-order valence-electron chi connectivity index (χ1n) is 1.98. The Kier molecular flexibility index (Phi) is 2.34. The molecule has 0 fully saturated rings. The number of rotatable bonds is 2. The van der Waals surface area contributed by atoms with Gasteiger partial charge in [0.05, 0.1) is 6.07 Å².